The van der Waals surface area contributed by atoms with Gasteiger partial charge in [-0.15, -0.1) is 0 Å². The van der Waals surface area contributed by atoms with E-state index in [1.165, 1.54) is 6.92 Å². The van der Waals surface area contributed by atoms with Crippen molar-refractivity contribution in [2.45, 2.75) is 17.9 Å². The van der Waals surface area contributed by atoms with Crippen LogP contribution >= 0.6 is 0 Å². The van der Waals surface area contributed by atoms with E-state index in [4.69, 9.17) is 0 Å². The maximum atomic E-state index is 11.8. The van der Waals surface area contributed by atoms with Crippen LogP contribution in [0.1, 0.15) is 6.92 Å². The van der Waals surface area contributed by atoms with Gasteiger partial charge in [0, 0.05) is 6.07 Å². The van der Waals surface area contributed by atoms with E-state index in [1.807, 2.05) is 0 Å². The average Bonchev–Trinajstić information content (AvgIpc) is 2.37. The van der Waals surface area contributed by atoms with Crippen molar-refractivity contribution in [1.29, 1.82) is 0 Å². The van der Waals surface area contributed by atoms with Gasteiger partial charge < -0.3 is 14.9 Å². The molecule has 0 radical (unpaired) electrons. The number of carbonyl (C=O) groups is 1. The predicted octanol–water partition coefficient (Wildman–Crippen LogP) is -0.170. The number of nitrogens with zero attached hydrogens (tertiary/aromatic N) is 2. The first kappa shape index (κ1) is 15.0. The Bertz CT molecular complexity index is 582. The highest BCUT2D eigenvalue weighted by atomic mass is 32.2. The molecular weight excluding hydrogens is 278 g/mol. The number of ether oxygens (including phenoxy) is 1. The summed E-state index contributed by atoms with van der Waals surface area (Å²) >= 11 is 0. The van der Waals surface area contributed by atoms with E-state index < -0.39 is 32.8 Å². The van der Waals surface area contributed by atoms with Crippen LogP contribution in [0.15, 0.2) is 23.2 Å². The van der Waals surface area contributed by atoms with E-state index in [-0.39, 0.29) is 4.90 Å². The summed E-state index contributed by atoms with van der Waals surface area (Å²) in [6.45, 7) is 1.31. The summed E-state index contributed by atoms with van der Waals surface area (Å²) in [5.74, 6) is -1.22. The van der Waals surface area contributed by atoms with E-state index in [2.05, 4.69) is 14.4 Å². The van der Waals surface area contributed by atoms with Crippen LogP contribution in [0.2, 0.25) is 0 Å². The summed E-state index contributed by atoms with van der Waals surface area (Å²) in [6.07, 6.45) is 0.838. The lowest BCUT2D eigenvalue weighted by Gasteiger charge is -2.11. The maximum absolute atomic E-state index is 11.8. The first-order valence-corrected chi connectivity index (χ1v) is 6.47. The molecule has 0 spiro atoms. The highest BCUT2D eigenvalue weighted by Gasteiger charge is 2.24. The Balaban J connectivity index is 2.94. The molecule has 0 aliphatic heterocycles. The Hall–Kier alpha value is -2.07. The molecule has 1 unspecified atom stereocenters. The molecule has 9 nitrogen and oxygen atoms in total. The number of pyridine rings is 1. The molecule has 0 amide bonds. The van der Waals surface area contributed by atoms with E-state index in [1.54, 1.807) is 0 Å². The van der Waals surface area contributed by atoms with Gasteiger partial charge in [-0.05, 0) is 22.9 Å². The van der Waals surface area contributed by atoms with Gasteiger partial charge in [0.25, 0.3) is 0 Å². The van der Waals surface area contributed by atoms with Gasteiger partial charge in [-0.3, -0.25) is 4.79 Å². The van der Waals surface area contributed by atoms with Gasteiger partial charge in [0.2, 0.25) is 10.0 Å². The zero-order valence-corrected chi connectivity index (χ0v) is 10.9. The van der Waals surface area contributed by atoms with Crippen LogP contribution in [0.25, 0.3) is 0 Å². The first-order valence-electron chi connectivity index (χ1n) is 4.98. The van der Waals surface area contributed by atoms with Crippen LogP contribution in [-0.2, 0) is 19.6 Å². The quantitative estimate of drug-likeness (QED) is 0.452. The second kappa shape index (κ2) is 5.71. The third kappa shape index (κ3) is 3.69. The molecule has 1 aromatic rings. The van der Waals surface area contributed by atoms with Crippen molar-refractivity contribution in [3.05, 3.63) is 28.4 Å². The zero-order valence-electron chi connectivity index (χ0n) is 10.1. The van der Waals surface area contributed by atoms with E-state index >= 15 is 0 Å². The number of sulfonamides is 1. The fourth-order valence-electron chi connectivity index (χ4n) is 1.17. The fraction of sp³-hybridized carbons (Fsp3) is 0.333. The summed E-state index contributed by atoms with van der Waals surface area (Å²) < 4.78 is 30.1. The number of hydrogen-bond donors (Lipinski definition) is 1. The lowest BCUT2D eigenvalue weighted by atomic mass is 10.4. The Morgan fingerprint density at radius 2 is 2.16 bits per heavy atom. The summed E-state index contributed by atoms with van der Waals surface area (Å²) in [7, 11) is -2.87. The number of hydrogen-bond acceptors (Lipinski definition) is 7. The number of aromatic nitrogens is 1. The third-order valence-corrected chi connectivity index (χ3v) is 3.63. The van der Waals surface area contributed by atoms with Crippen LogP contribution in [0.4, 0.5) is 5.82 Å². The number of esters is 1. The van der Waals surface area contributed by atoms with E-state index in [9.17, 15) is 23.3 Å². The van der Waals surface area contributed by atoms with Crippen LogP contribution in [-0.4, -0.2) is 37.4 Å². The Morgan fingerprint density at radius 3 is 2.58 bits per heavy atom. The van der Waals surface area contributed by atoms with Gasteiger partial charge in [0.05, 0.1) is 7.11 Å². The molecule has 1 N–H and O–H groups in total. The van der Waals surface area contributed by atoms with Gasteiger partial charge in [-0.25, -0.2) is 8.42 Å². The molecule has 0 aliphatic rings. The van der Waals surface area contributed by atoms with Gasteiger partial charge in [0.15, 0.2) is 6.20 Å². The fourth-order valence-corrected chi connectivity index (χ4v) is 2.30. The normalized spacial score (nSPS) is 12.7. The highest BCUT2D eigenvalue weighted by molar-refractivity contribution is 7.89. The average molecular weight is 289 g/mol. The van der Waals surface area contributed by atoms with Crippen molar-refractivity contribution >= 4 is 21.8 Å². The predicted molar refractivity (Wildman–Crippen MR) is 62.7 cm³/mol. The summed E-state index contributed by atoms with van der Waals surface area (Å²) in [6, 6.07) is 0.902. The molecule has 1 atom stereocenters. The van der Waals surface area contributed by atoms with Gasteiger partial charge in [-0.2, -0.15) is 4.72 Å². The minimum atomic E-state index is -3.99. The van der Waals surface area contributed by atoms with Gasteiger partial charge in [0.1, 0.15) is 10.9 Å². The summed E-state index contributed by atoms with van der Waals surface area (Å²) in [5.41, 5.74) is 0. The molecule has 0 aromatic carbocycles. The minimum Gasteiger partial charge on any atom is -0.468 e. The topological polar surface area (TPSA) is 128 Å². The lowest BCUT2D eigenvalue weighted by Crippen LogP contribution is -2.39. The number of nitro groups is 1. The molecule has 0 saturated carbocycles. The second-order valence-corrected chi connectivity index (χ2v) is 5.19. The van der Waals surface area contributed by atoms with Crippen LogP contribution in [0.3, 0.4) is 0 Å². The van der Waals surface area contributed by atoms with Gasteiger partial charge >= 0.3 is 11.8 Å². The van der Waals surface area contributed by atoms with Crippen molar-refractivity contribution in [2.75, 3.05) is 7.11 Å². The van der Waals surface area contributed by atoms with Crippen molar-refractivity contribution in [1.82, 2.24) is 9.71 Å². The molecule has 1 aromatic heterocycles. The van der Waals surface area contributed by atoms with Crippen LogP contribution in [0, 0.1) is 10.1 Å². The third-order valence-electron chi connectivity index (χ3n) is 2.10. The molecule has 0 saturated heterocycles. The molecule has 0 fully saturated rings. The van der Waals surface area contributed by atoms with E-state index in [0.717, 1.165) is 25.4 Å². The van der Waals surface area contributed by atoms with Crippen molar-refractivity contribution in [3.8, 4) is 0 Å². The minimum absolute atomic E-state index is 0.283. The van der Waals surface area contributed by atoms with Crippen molar-refractivity contribution in [3.63, 3.8) is 0 Å². The Labute approximate surface area is 108 Å². The van der Waals surface area contributed by atoms with Crippen molar-refractivity contribution in [2.24, 2.45) is 0 Å². The monoisotopic (exact) mass is 289 g/mol. The number of carbonyl (C=O) groups excluding carboxylic acids is 1. The largest absolute Gasteiger partial charge is 0.468 e. The molecule has 10 heteroatoms. The lowest BCUT2D eigenvalue weighted by molar-refractivity contribution is -0.389. The molecule has 1 rings (SSSR count). The molecule has 0 bridgehead atoms. The standard InChI is InChI=1S/C9H11N3O6S/c1-6(9(13)18-2)11-19(16,17)7-3-4-8(10-5-7)12(14)15/h3-6,11H,1-2H3. The van der Waals surface area contributed by atoms with Crippen LogP contribution in [0.5, 0.6) is 0 Å². The maximum Gasteiger partial charge on any atom is 0.363 e. The Morgan fingerprint density at radius 1 is 1.53 bits per heavy atom. The molecule has 104 valence electrons. The number of methoxy groups -OCH3 is 1. The first-order chi connectivity index (χ1) is 8.77. The number of rotatable bonds is 5. The number of nitrogens with one attached hydrogen (secondary N) is 1. The molecule has 19 heavy (non-hydrogen) atoms. The Kier molecular flexibility index (Phi) is 4.51. The SMILES string of the molecule is COC(=O)C(C)NS(=O)(=O)c1ccc([N+](=O)[O-])nc1. The van der Waals surface area contributed by atoms with E-state index in [0.29, 0.717) is 0 Å². The molecule has 1 heterocycles. The smallest absolute Gasteiger partial charge is 0.363 e. The molecular formula is C9H11N3O6S. The van der Waals surface area contributed by atoms with Crippen molar-refractivity contribution < 1.29 is 22.9 Å². The summed E-state index contributed by atoms with van der Waals surface area (Å²) in [5, 5.41) is 10.4. The van der Waals surface area contributed by atoms with Gasteiger partial charge in [-0.1, -0.05) is 0 Å². The van der Waals surface area contributed by atoms with Crippen LogP contribution < -0.4 is 4.72 Å². The summed E-state index contributed by atoms with van der Waals surface area (Å²) in [4.78, 5) is 23.8. The highest BCUT2D eigenvalue weighted by Crippen LogP contribution is 2.12. The second-order valence-electron chi connectivity index (χ2n) is 3.48. The zero-order chi connectivity index (χ0) is 14.6. The molecule has 0 aliphatic carbocycles.